The van der Waals surface area contributed by atoms with Gasteiger partial charge in [-0.1, -0.05) is 30.3 Å². The Bertz CT molecular complexity index is 805. The number of anilines is 1. The summed E-state index contributed by atoms with van der Waals surface area (Å²) in [5.41, 5.74) is 1.66. The van der Waals surface area contributed by atoms with Crippen molar-refractivity contribution in [2.75, 3.05) is 38.0 Å². The molecule has 29 heavy (non-hydrogen) atoms. The summed E-state index contributed by atoms with van der Waals surface area (Å²) in [6.07, 6.45) is 0. The first-order valence-corrected chi connectivity index (χ1v) is 9.85. The van der Waals surface area contributed by atoms with Crippen LogP contribution in [-0.2, 0) is 16.1 Å². The van der Waals surface area contributed by atoms with Crippen molar-refractivity contribution in [3.8, 4) is 0 Å². The van der Waals surface area contributed by atoms with Crippen molar-refractivity contribution >= 4 is 17.5 Å². The first-order chi connectivity index (χ1) is 14.0. The fourth-order valence-electron chi connectivity index (χ4n) is 3.34. The zero-order chi connectivity index (χ0) is 20.6. The predicted octanol–water partition coefficient (Wildman–Crippen LogP) is 2.09. The van der Waals surface area contributed by atoms with Gasteiger partial charge in [0, 0.05) is 38.4 Å². The molecule has 0 radical (unpaired) electrons. The molecule has 1 heterocycles. The maximum atomic E-state index is 12.9. The third-order valence-corrected chi connectivity index (χ3v) is 5.14. The van der Waals surface area contributed by atoms with E-state index in [1.54, 1.807) is 12.1 Å². The van der Waals surface area contributed by atoms with E-state index in [9.17, 15) is 14.0 Å². The van der Waals surface area contributed by atoms with E-state index < -0.39 is 0 Å². The van der Waals surface area contributed by atoms with Gasteiger partial charge in [-0.25, -0.2) is 4.39 Å². The molecule has 2 N–H and O–H groups in total. The van der Waals surface area contributed by atoms with Crippen molar-refractivity contribution in [2.45, 2.75) is 19.5 Å². The van der Waals surface area contributed by atoms with Crippen LogP contribution < -0.4 is 10.6 Å². The number of nitrogens with one attached hydrogen (secondary N) is 2. The van der Waals surface area contributed by atoms with E-state index in [1.165, 1.54) is 12.1 Å². The van der Waals surface area contributed by atoms with Crippen molar-refractivity contribution in [1.29, 1.82) is 0 Å². The minimum absolute atomic E-state index is 0.0105. The molecule has 1 saturated heterocycles. The molecule has 2 amide bonds. The Morgan fingerprint density at radius 2 is 1.66 bits per heavy atom. The summed E-state index contributed by atoms with van der Waals surface area (Å²) < 4.78 is 12.9. The van der Waals surface area contributed by atoms with E-state index in [4.69, 9.17) is 0 Å². The summed E-state index contributed by atoms with van der Waals surface area (Å²) in [4.78, 5) is 28.8. The van der Waals surface area contributed by atoms with E-state index in [0.717, 1.165) is 18.7 Å². The topological polar surface area (TPSA) is 64.7 Å². The number of rotatable bonds is 7. The molecule has 2 aromatic rings. The molecule has 6 nitrogen and oxygen atoms in total. The number of amides is 2. The number of carbonyl (C=O) groups is 2. The average molecular weight is 398 g/mol. The molecule has 0 bridgehead atoms. The maximum absolute atomic E-state index is 12.9. The lowest BCUT2D eigenvalue weighted by molar-refractivity contribution is -0.127. The molecule has 7 heteroatoms. The van der Waals surface area contributed by atoms with Crippen molar-refractivity contribution in [3.63, 3.8) is 0 Å². The standard InChI is InChI=1S/C22H27FN4O2/c1-17(22(29)24-15-18-5-3-2-4-6-18)27-13-11-26(12-14-27)16-21(28)25-20-9-7-19(23)8-10-20/h2-10,17H,11-16H2,1H3,(H,24,29)(H,25,28)/t17-/m0/s1. The summed E-state index contributed by atoms with van der Waals surface area (Å²) in [7, 11) is 0. The number of nitrogens with zero attached hydrogens (tertiary/aromatic N) is 2. The van der Waals surface area contributed by atoms with Crippen LogP contribution in [0.15, 0.2) is 54.6 Å². The van der Waals surface area contributed by atoms with Gasteiger partial charge in [-0.15, -0.1) is 0 Å². The van der Waals surface area contributed by atoms with E-state index in [0.29, 0.717) is 25.3 Å². The third-order valence-electron chi connectivity index (χ3n) is 5.14. The maximum Gasteiger partial charge on any atom is 0.238 e. The highest BCUT2D eigenvalue weighted by Crippen LogP contribution is 2.10. The second kappa shape index (κ2) is 10.1. The second-order valence-electron chi connectivity index (χ2n) is 7.25. The lowest BCUT2D eigenvalue weighted by atomic mass is 10.2. The summed E-state index contributed by atoms with van der Waals surface area (Å²) in [6, 6.07) is 15.3. The van der Waals surface area contributed by atoms with Gasteiger partial charge in [0.1, 0.15) is 5.82 Å². The minimum atomic E-state index is -0.332. The molecule has 3 rings (SSSR count). The summed E-state index contributed by atoms with van der Waals surface area (Å²) in [5.74, 6) is -0.448. The van der Waals surface area contributed by atoms with E-state index in [2.05, 4.69) is 20.4 Å². The number of benzene rings is 2. The Hall–Kier alpha value is -2.77. The molecule has 0 unspecified atom stereocenters. The Morgan fingerprint density at radius 3 is 2.31 bits per heavy atom. The van der Waals surface area contributed by atoms with Crippen LogP contribution in [0.2, 0.25) is 0 Å². The average Bonchev–Trinajstić information content (AvgIpc) is 2.74. The lowest BCUT2D eigenvalue weighted by Crippen LogP contribution is -2.54. The summed E-state index contributed by atoms with van der Waals surface area (Å²) >= 11 is 0. The van der Waals surface area contributed by atoms with Gasteiger partial charge in [0.2, 0.25) is 11.8 Å². The first kappa shape index (κ1) is 21.0. The van der Waals surface area contributed by atoms with Crippen LogP contribution in [0.25, 0.3) is 0 Å². The molecule has 1 fully saturated rings. The molecular weight excluding hydrogens is 371 g/mol. The van der Waals surface area contributed by atoms with Gasteiger partial charge in [0.15, 0.2) is 0 Å². The fraction of sp³-hybridized carbons (Fsp3) is 0.364. The van der Waals surface area contributed by atoms with Gasteiger partial charge in [0.05, 0.1) is 12.6 Å². The van der Waals surface area contributed by atoms with Gasteiger partial charge in [-0.2, -0.15) is 0 Å². The Morgan fingerprint density at radius 1 is 1.00 bits per heavy atom. The van der Waals surface area contributed by atoms with Crippen LogP contribution in [0.5, 0.6) is 0 Å². The smallest absolute Gasteiger partial charge is 0.238 e. The highest BCUT2D eigenvalue weighted by atomic mass is 19.1. The largest absolute Gasteiger partial charge is 0.351 e. The van der Waals surface area contributed by atoms with Gasteiger partial charge >= 0.3 is 0 Å². The Balaban J connectivity index is 1.39. The first-order valence-electron chi connectivity index (χ1n) is 9.85. The SMILES string of the molecule is C[C@@H](C(=O)NCc1ccccc1)N1CCN(CC(=O)Nc2ccc(F)cc2)CC1. The monoisotopic (exact) mass is 398 g/mol. The van der Waals surface area contributed by atoms with Crippen LogP contribution in [0.3, 0.4) is 0 Å². The number of piperazine rings is 1. The molecule has 0 aromatic heterocycles. The van der Waals surface area contributed by atoms with Crippen LogP contribution in [0, 0.1) is 5.82 Å². The number of carbonyl (C=O) groups excluding carboxylic acids is 2. The molecule has 1 aliphatic rings. The Labute approximate surface area is 170 Å². The lowest BCUT2D eigenvalue weighted by Gasteiger charge is -2.37. The van der Waals surface area contributed by atoms with Crippen LogP contribution in [0.1, 0.15) is 12.5 Å². The summed E-state index contributed by atoms with van der Waals surface area (Å²) in [6.45, 7) is 5.60. The molecule has 0 spiro atoms. The van der Waals surface area contributed by atoms with Gasteiger partial charge < -0.3 is 10.6 Å². The third kappa shape index (κ3) is 6.37. The molecule has 154 valence electrons. The molecular formula is C22H27FN4O2. The number of halogens is 1. The van der Waals surface area contributed by atoms with Crippen molar-refractivity contribution in [1.82, 2.24) is 15.1 Å². The van der Waals surface area contributed by atoms with Crippen molar-refractivity contribution < 1.29 is 14.0 Å². The number of hydrogen-bond acceptors (Lipinski definition) is 4. The van der Waals surface area contributed by atoms with Gasteiger partial charge in [-0.3, -0.25) is 19.4 Å². The molecule has 1 atom stereocenters. The van der Waals surface area contributed by atoms with E-state index in [1.807, 2.05) is 37.3 Å². The predicted molar refractivity (Wildman–Crippen MR) is 111 cm³/mol. The highest BCUT2D eigenvalue weighted by molar-refractivity contribution is 5.92. The molecule has 2 aromatic carbocycles. The fourth-order valence-corrected chi connectivity index (χ4v) is 3.34. The van der Waals surface area contributed by atoms with E-state index >= 15 is 0 Å². The van der Waals surface area contributed by atoms with Crippen LogP contribution >= 0.6 is 0 Å². The van der Waals surface area contributed by atoms with Crippen LogP contribution in [0.4, 0.5) is 10.1 Å². The van der Waals surface area contributed by atoms with E-state index in [-0.39, 0.29) is 30.2 Å². The quantitative estimate of drug-likeness (QED) is 0.750. The zero-order valence-electron chi connectivity index (χ0n) is 16.6. The van der Waals surface area contributed by atoms with Gasteiger partial charge in [-0.05, 0) is 36.8 Å². The van der Waals surface area contributed by atoms with Crippen LogP contribution in [-0.4, -0.2) is 60.4 Å². The minimum Gasteiger partial charge on any atom is -0.351 e. The van der Waals surface area contributed by atoms with Gasteiger partial charge in [0.25, 0.3) is 0 Å². The highest BCUT2D eigenvalue weighted by Gasteiger charge is 2.26. The number of hydrogen-bond donors (Lipinski definition) is 2. The normalized spacial score (nSPS) is 16.2. The zero-order valence-corrected chi connectivity index (χ0v) is 16.6. The van der Waals surface area contributed by atoms with Crippen molar-refractivity contribution in [3.05, 3.63) is 66.0 Å². The van der Waals surface area contributed by atoms with Crippen molar-refractivity contribution in [2.24, 2.45) is 0 Å². The second-order valence-corrected chi connectivity index (χ2v) is 7.25. The molecule has 0 aliphatic carbocycles. The molecule has 0 saturated carbocycles. The summed E-state index contributed by atoms with van der Waals surface area (Å²) in [5, 5.41) is 5.76. The molecule has 1 aliphatic heterocycles. The Kier molecular flexibility index (Phi) is 7.32.